The monoisotopic (exact) mass is 212 g/mol. The SMILES string of the molecule is CSc1nnc(C2CCC(=O)CC2)o1. The van der Waals surface area contributed by atoms with Crippen LogP contribution in [0.4, 0.5) is 0 Å². The Hall–Kier alpha value is -0.840. The molecule has 0 spiro atoms. The van der Waals surface area contributed by atoms with Crippen LogP contribution in [0.15, 0.2) is 9.64 Å². The van der Waals surface area contributed by atoms with E-state index in [0.717, 1.165) is 12.8 Å². The number of Topliss-reactive ketones (excluding diaryl/α,β-unsaturated/α-hetero) is 1. The van der Waals surface area contributed by atoms with Crippen molar-refractivity contribution in [1.29, 1.82) is 0 Å². The Kier molecular flexibility index (Phi) is 2.86. The van der Waals surface area contributed by atoms with Gasteiger partial charge in [-0.15, -0.1) is 10.2 Å². The molecule has 1 heterocycles. The Balaban J connectivity index is 2.04. The molecule has 1 aliphatic carbocycles. The fourth-order valence-corrected chi connectivity index (χ4v) is 1.95. The molecular formula is C9H12N2O2S. The summed E-state index contributed by atoms with van der Waals surface area (Å²) < 4.78 is 5.44. The third-order valence-electron chi connectivity index (χ3n) is 2.49. The summed E-state index contributed by atoms with van der Waals surface area (Å²) in [6, 6.07) is 0. The van der Waals surface area contributed by atoms with E-state index in [4.69, 9.17) is 4.42 Å². The van der Waals surface area contributed by atoms with Crippen molar-refractivity contribution in [2.75, 3.05) is 6.26 Å². The number of hydrogen-bond donors (Lipinski definition) is 0. The molecule has 0 atom stereocenters. The third-order valence-corrected chi connectivity index (χ3v) is 3.00. The van der Waals surface area contributed by atoms with Crippen LogP contribution in [0, 0.1) is 0 Å². The van der Waals surface area contributed by atoms with Crippen LogP contribution in [0.2, 0.25) is 0 Å². The summed E-state index contributed by atoms with van der Waals surface area (Å²) in [5, 5.41) is 8.49. The van der Waals surface area contributed by atoms with E-state index in [2.05, 4.69) is 10.2 Å². The highest BCUT2D eigenvalue weighted by molar-refractivity contribution is 7.98. The lowest BCUT2D eigenvalue weighted by atomic mass is 9.88. The number of carbonyl (C=O) groups is 1. The fraction of sp³-hybridized carbons (Fsp3) is 0.667. The molecule has 0 N–H and O–H groups in total. The van der Waals surface area contributed by atoms with Gasteiger partial charge in [0, 0.05) is 18.8 Å². The molecule has 0 radical (unpaired) electrons. The zero-order valence-electron chi connectivity index (χ0n) is 8.02. The van der Waals surface area contributed by atoms with Gasteiger partial charge in [-0.05, 0) is 19.1 Å². The summed E-state index contributed by atoms with van der Waals surface area (Å²) >= 11 is 1.45. The maximum Gasteiger partial charge on any atom is 0.276 e. The first-order valence-corrected chi connectivity index (χ1v) is 5.91. The highest BCUT2D eigenvalue weighted by atomic mass is 32.2. The molecule has 4 nitrogen and oxygen atoms in total. The van der Waals surface area contributed by atoms with Gasteiger partial charge in [0.05, 0.1) is 0 Å². The van der Waals surface area contributed by atoms with Crippen molar-refractivity contribution in [3.63, 3.8) is 0 Å². The number of rotatable bonds is 2. The number of carbonyl (C=O) groups excluding carboxylic acids is 1. The van der Waals surface area contributed by atoms with Gasteiger partial charge in [-0.25, -0.2) is 0 Å². The van der Waals surface area contributed by atoms with E-state index >= 15 is 0 Å². The van der Waals surface area contributed by atoms with Crippen LogP contribution in [0.3, 0.4) is 0 Å². The molecule has 14 heavy (non-hydrogen) atoms. The van der Waals surface area contributed by atoms with Crippen molar-refractivity contribution in [3.05, 3.63) is 5.89 Å². The molecule has 76 valence electrons. The first-order chi connectivity index (χ1) is 6.79. The zero-order valence-corrected chi connectivity index (χ0v) is 8.84. The average Bonchev–Trinajstić information content (AvgIpc) is 2.67. The van der Waals surface area contributed by atoms with Crippen molar-refractivity contribution in [1.82, 2.24) is 10.2 Å². The molecule has 2 rings (SSSR count). The molecule has 0 bridgehead atoms. The van der Waals surface area contributed by atoms with Crippen LogP contribution in [0.1, 0.15) is 37.5 Å². The minimum atomic E-state index is 0.293. The zero-order chi connectivity index (χ0) is 9.97. The van der Waals surface area contributed by atoms with E-state index in [-0.39, 0.29) is 0 Å². The summed E-state index contributed by atoms with van der Waals surface area (Å²) in [7, 11) is 0. The van der Waals surface area contributed by atoms with Crippen LogP contribution in [0.5, 0.6) is 0 Å². The highest BCUT2D eigenvalue weighted by Crippen LogP contribution is 2.31. The molecule has 0 unspecified atom stereocenters. The largest absolute Gasteiger partial charge is 0.416 e. The van der Waals surface area contributed by atoms with Crippen molar-refractivity contribution in [2.45, 2.75) is 36.8 Å². The van der Waals surface area contributed by atoms with Gasteiger partial charge in [0.25, 0.3) is 5.22 Å². The van der Waals surface area contributed by atoms with Gasteiger partial charge in [0.2, 0.25) is 5.89 Å². The molecular weight excluding hydrogens is 200 g/mol. The normalized spacial score (nSPS) is 18.8. The predicted octanol–water partition coefficient (Wildman–Crippen LogP) is 2.02. The standard InChI is InChI=1S/C9H12N2O2S/c1-14-9-11-10-8(13-9)6-2-4-7(12)5-3-6/h6H,2-5H2,1H3. The molecule has 1 aromatic heterocycles. The molecule has 0 saturated heterocycles. The topological polar surface area (TPSA) is 56.0 Å². The summed E-state index contributed by atoms with van der Waals surface area (Å²) in [5.74, 6) is 1.34. The van der Waals surface area contributed by atoms with Gasteiger partial charge in [-0.1, -0.05) is 11.8 Å². The van der Waals surface area contributed by atoms with E-state index in [9.17, 15) is 4.79 Å². The van der Waals surface area contributed by atoms with Crippen molar-refractivity contribution in [3.8, 4) is 0 Å². The number of ketones is 1. The quantitative estimate of drug-likeness (QED) is 0.702. The Morgan fingerprint density at radius 3 is 2.64 bits per heavy atom. The molecule has 1 saturated carbocycles. The predicted molar refractivity (Wildman–Crippen MR) is 52.3 cm³/mol. The van der Waals surface area contributed by atoms with Gasteiger partial charge in [-0.2, -0.15) is 0 Å². The molecule has 0 aliphatic heterocycles. The number of thioether (sulfide) groups is 1. The Bertz CT molecular complexity index is 327. The van der Waals surface area contributed by atoms with E-state index in [0.29, 0.717) is 35.7 Å². The second-order valence-corrected chi connectivity index (χ2v) is 4.18. The van der Waals surface area contributed by atoms with E-state index in [1.54, 1.807) is 0 Å². The maximum absolute atomic E-state index is 11.0. The van der Waals surface area contributed by atoms with Gasteiger partial charge < -0.3 is 4.42 Å². The lowest BCUT2D eigenvalue weighted by Crippen LogP contribution is -2.12. The molecule has 1 fully saturated rings. The first-order valence-electron chi connectivity index (χ1n) is 4.68. The lowest BCUT2D eigenvalue weighted by molar-refractivity contribution is -0.120. The number of hydrogen-bond acceptors (Lipinski definition) is 5. The molecule has 0 amide bonds. The van der Waals surface area contributed by atoms with E-state index in [1.807, 2.05) is 6.26 Å². The first kappa shape index (κ1) is 9.71. The van der Waals surface area contributed by atoms with Gasteiger partial charge in [-0.3, -0.25) is 4.79 Å². The molecule has 1 aromatic rings. The number of aromatic nitrogens is 2. The third kappa shape index (κ3) is 1.97. The minimum Gasteiger partial charge on any atom is -0.416 e. The van der Waals surface area contributed by atoms with E-state index < -0.39 is 0 Å². The Morgan fingerprint density at radius 2 is 2.07 bits per heavy atom. The molecule has 0 aromatic carbocycles. The minimum absolute atomic E-state index is 0.293. The maximum atomic E-state index is 11.0. The van der Waals surface area contributed by atoms with Crippen LogP contribution in [-0.4, -0.2) is 22.2 Å². The van der Waals surface area contributed by atoms with E-state index in [1.165, 1.54) is 11.8 Å². The Morgan fingerprint density at radius 1 is 1.36 bits per heavy atom. The van der Waals surface area contributed by atoms with Crippen LogP contribution in [-0.2, 0) is 4.79 Å². The van der Waals surface area contributed by atoms with Gasteiger partial charge in [0.15, 0.2) is 0 Å². The van der Waals surface area contributed by atoms with Crippen LogP contribution >= 0.6 is 11.8 Å². The van der Waals surface area contributed by atoms with Crippen LogP contribution < -0.4 is 0 Å². The summed E-state index contributed by atoms with van der Waals surface area (Å²) in [5.41, 5.74) is 0. The van der Waals surface area contributed by atoms with Crippen molar-refractivity contribution >= 4 is 17.5 Å². The fourth-order valence-electron chi connectivity index (χ4n) is 1.65. The van der Waals surface area contributed by atoms with Crippen molar-refractivity contribution < 1.29 is 9.21 Å². The molecule has 1 aliphatic rings. The second-order valence-electron chi connectivity index (χ2n) is 3.42. The van der Waals surface area contributed by atoms with Crippen molar-refractivity contribution in [2.24, 2.45) is 0 Å². The molecule has 5 heteroatoms. The van der Waals surface area contributed by atoms with Gasteiger partial charge in [0.1, 0.15) is 5.78 Å². The smallest absolute Gasteiger partial charge is 0.276 e. The van der Waals surface area contributed by atoms with Crippen LogP contribution in [0.25, 0.3) is 0 Å². The summed E-state index contributed by atoms with van der Waals surface area (Å²) in [4.78, 5) is 11.0. The summed E-state index contributed by atoms with van der Waals surface area (Å²) in [6.07, 6.45) is 4.93. The van der Waals surface area contributed by atoms with Gasteiger partial charge >= 0.3 is 0 Å². The highest BCUT2D eigenvalue weighted by Gasteiger charge is 2.24. The Labute approximate surface area is 86.5 Å². The number of nitrogens with zero attached hydrogens (tertiary/aromatic N) is 2. The average molecular weight is 212 g/mol. The second kappa shape index (κ2) is 4.13. The lowest BCUT2D eigenvalue weighted by Gasteiger charge is -2.16. The summed E-state index contributed by atoms with van der Waals surface area (Å²) in [6.45, 7) is 0.